The highest BCUT2D eigenvalue weighted by Crippen LogP contribution is 2.00. The first kappa shape index (κ1) is 10.4. The predicted octanol–water partition coefficient (Wildman–Crippen LogP) is 1.11. The van der Waals surface area contributed by atoms with Gasteiger partial charge >= 0.3 is 0 Å². The zero-order chi connectivity index (χ0) is 9.68. The Morgan fingerprint density at radius 2 is 2.46 bits per heavy atom. The highest BCUT2D eigenvalue weighted by Gasteiger charge is 1.98. The molecule has 1 N–H and O–H groups in total. The molecule has 4 nitrogen and oxygen atoms in total. The third-order valence-electron chi connectivity index (χ3n) is 1.57. The number of methoxy groups -OCH3 is 1. The minimum absolute atomic E-state index is 0.137. The van der Waals surface area contributed by atoms with Gasteiger partial charge in [0.1, 0.15) is 10.3 Å². The van der Waals surface area contributed by atoms with Crippen LogP contribution in [0.15, 0.2) is 15.5 Å². The zero-order valence-corrected chi connectivity index (χ0v) is 8.93. The van der Waals surface area contributed by atoms with Crippen LogP contribution < -0.4 is 5.56 Å². The quantitative estimate of drug-likeness (QED) is 0.811. The number of aromatic nitrogens is 2. The van der Waals surface area contributed by atoms with Gasteiger partial charge in [0.15, 0.2) is 0 Å². The SMILES string of the molecule is COCCCc1ncc(Br)c(=O)[nH]1. The second-order valence-electron chi connectivity index (χ2n) is 2.60. The smallest absolute Gasteiger partial charge is 0.265 e. The zero-order valence-electron chi connectivity index (χ0n) is 7.34. The summed E-state index contributed by atoms with van der Waals surface area (Å²) < 4.78 is 5.35. The number of H-pyrrole nitrogens is 1. The van der Waals surface area contributed by atoms with Crippen molar-refractivity contribution in [1.29, 1.82) is 0 Å². The van der Waals surface area contributed by atoms with Crippen LogP contribution in [0, 0.1) is 0 Å². The molecule has 1 rings (SSSR count). The lowest BCUT2D eigenvalue weighted by molar-refractivity contribution is 0.194. The number of nitrogens with one attached hydrogen (secondary N) is 1. The van der Waals surface area contributed by atoms with E-state index in [1.807, 2.05) is 0 Å². The average molecular weight is 247 g/mol. The third-order valence-corrected chi connectivity index (χ3v) is 2.14. The molecule has 0 aliphatic carbocycles. The minimum Gasteiger partial charge on any atom is -0.385 e. The van der Waals surface area contributed by atoms with Crippen molar-refractivity contribution in [3.63, 3.8) is 0 Å². The van der Waals surface area contributed by atoms with Gasteiger partial charge in [0.2, 0.25) is 0 Å². The molecule has 0 amide bonds. The summed E-state index contributed by atoms with van der Waals surface area (Å²) in [5, 5.41) is 0. The van der Waals surface area contributed by atoms with E-state index in [-0.39, 0.29) is 5.56 Å². The van der Waals surface area contributed by atoms with Crippen molar-refractivity contribution in [2.24, 2.45) is 0 Å². The van der Waals surface area contributed by atoms with Crippen molar-refractivity contribution in [3.05, 3.63) is 26.8 Å². The van der Waals surface area contributed by atoms with Gasteiger partial charge in [0.25, 0.3) is 5.56 Å². The predicted molar refractivity (Wildman–Crippen MR) is 52.8 cm³/mol. The average Bonchev–Trinajstić information content (AvgIpc) is 2.12. The fraction of sp³-hybridized carbons (Fsp3) is 0.500. The maximum atomic E-state index is 11.1. The standard InChI is InChI=1S/C8H11BrN2O2/c1-13-4-2-3-7-10-5-6(9)8(12)11-7/h5H,2-4H2,1H3,(H,10,11,12). The van der Waals surface area contributed by atoms with Gasteiger partial charge in [0.05, 0.1) is 0 Å². The van der Waals surface area contributed by atoms with Gasteiger partial charge in [-0.05, 0) is 22.4 Å². The fourth-order valence-corrected chi connectivity index (χ4v) is 1.13. The summed E-state index contributed by atoms with van der Waals surface area (Å²) in [6, 6.07) is 0. The highest BCUT2D eigenvalue weighted by atomic mass is 79.9. The number of ether oxygens (including phenoxy) is 1. The molecule has 72 valence electrons. The summed E-state index contributed by atoms with van der Waals surface area (Å²) in [5.74, 6) is 0.699. The number of aryl methyl sites for hydroxylation is 1. The number of hydrogen-bond donors (Lipinski definition) is 1. The summed E-state index contributed by atoms with van der Waals surface area (Å²) in [6.07, 6.45) is 3.11. The van der Waals surface area contributed by atoms with Crippen LogP contribution in [0.25, 0.3) is 0 Å². The van der Waals surface area contributed by atoms with Gasteiger partial charge in [0, 0.05) is 26.3 Å². The molecule has 1 heterocycles. The molecule has 0 saturated carbocycles. The Labute approximate surface area is 84.5 Å². The summed E-state index contributed by atoms with van der Waals surface area (Å²) >= 11 is 3.08. The molecule has 0 saturated heterocycles. The molecule has 1 aromatic heterocycles. The largest absolute Gasteiger partial charge is 0.385 e. The van der Waals surface area contributed by atoms with Gasteiger partial charge in [-0.1, -0.05) is 0 Å². The molecule has 0 fully saturated rings. The van der Waals surface area contributed by atoms with Crippen LogP contribution in [0.4, 0.5) is 0 Å². The normalized spacial score (nSPS) is 10.3. The number of hydrogen-bond acceptors (Lipinski definition) is 3. The van der Waals surface area contributed by atoms with Crippen LogP contribution in [-0.4, -0.2) is 23.7 Å². The monoisotopic (exact) mass is 246 g/mol. The summed E-state index contributed by atoms with van der Waals surface area (Å²) in [7, 11) is 1.65. The second kappa shape index (κ2) is 5.14. The van der Waals surface area contributed by atoms with Gasteiger partial charge in [-0.25, -0.2) is 4.98 Å². The number of aromatic amines is 1. The molecular weight excluding hydrogens is 236 g/mol. The molecule has 0 atom stereocenters. The third kappa shape index (κ3) is 3.28. The van der Waals surface area contributed by atoms with Crippen LogP contribution in [0.5, 0.6) is 0 Å². The maximum Gasteiger partial charge on any atom is 0.265 e. The molecule has 0 unspecified atom stereocenters. The van der Waals surface area contributed by atoms with Crippen LogP contribution in [0.1, 0.15) is 12.2 Å². The van der Waals surface area contributed by atoms with E-state index in [4.69, 9.17) is 4.74 Å². The Morgan fingerprint density at radius 3 is 3.08 bits per heavy atom. The van der Waals surface area contributed by atoms with Crippen LogP contribution in [0.3, 0.4) is 0 Å². The summed E-state index contributed by atoms with van der Waals surface area (Å²) in [4.78, 5) is 17.8. The summed E-state index contributed by atoms with van der Waals surface area (Å²) in [6.45, 7) is 0.680. The van der Waals surface area contributed by atoms with Crippen molar-refractivity contribution in [2.75, 3.05) is 13.7 Å². The number of nitrogens with zero attached hydrogens (tertiary/aromatic N) is 1. The molecule has 0 aliphatic rings. The molecule has 0 bridgehead atoms. The molecule has 5 heteroatoms. The topological polar surface area (TPSA) is 55.0 Å². The van der Waals surface area contributed by atoms with Crippen molar-refractivity contribution >= 4 is 15.9 Å². The Hall–Kier alpha value is -0.680. The fourth-order valence-electron chi connectivity index (χ4n) is 0.927. The number of rotatable bonds is 4. The lowest BCUT2D eigenvalue weighted by atomic mass is 10.3. The van der Waals surface area contributed by atoms with Crippen molar-refractivity contribution < 1.29 is 4.74 Å². The lowest BCUT2D eigenvalue weighted by Crippen LogP contribution is -2.11. The van der Waals surface area contributed by atoms with Gasteiger partial charge in [-0.3, -0.25) is 4.79 Å². The van der Waals surface area contributed by atoms with E-state index in [0.717, 1.165) is 12.8 Å². The van der Waals surface area contributed by atoms with Crippen LogP contribution >= 0.6 is 15.9 Å². The molecule has 0 radical (unpaired) electrons. The van der Waals surface area contributed by atoms with E-state index in [1.165, 1.54) is 6.20 Å². The second-order valence-corrected chi connectivity index (χ2v) is 3.46. The number of halogens is 1. The van der Waals surface area contributed by atoms with E-state index in [2.05, 4.69) is 25.9 Å². The van der Waals surface area contributed by atoms with Gasteiger partial charge < -0.3 is 9.72 Å². The van der Waals surface area contributed by atoms with Crippen LogP contribution in [0.2, 0.25) is 0 Å². The maximum absolute atomic E-state index is 11.1. The lowest BCUT2D eigenvalue weighted by Gasteiger charge is -1.99. The van der Waals surface area contributed by atoms with Crippen molar-refractivity contribution in [1.82, 2.24) is 9.97 Å². The molecule has 0 aromatic carbocycles. The summed E-state index contributed by atoms with van der Waals surface area (Å²) in [5.41, 5.74) is -0.137. The Bertz CT molecular complexity index is 324. The molecule has 0 spiro atoms. The van der Waals surface area contributed by atoms with E-state index in [9.17, 15) is 4.79 Å². The molecular formula is C8H11BrN2O2. The minimum atomic E-state index is -0.137. The first-order chi connectivity index (χ1) is 6.24. The first-order valence-electron chi connectivity index (χ1n) is 3.96. The Kier molecular flexibility index (Phi) is 4.11. The first-order valence-corrected chi connectivity index (χ1v) is 4.76. The van der Waals surface area contributed by atoms with E-state index in [1.54, 1.807) is 7.11 Å². The molecule has 1 aromatic rings. The van der Waals surface area contributed by atoms with Crippen molar-refractivity contribution in [2.45, 2.75) is 12.8 Å². The Morgan fingerprint density at radius 1 is 1.69 bits per heavy atom. The molecule has 13 heavy (non-hydrogen) atoms. The molecule has 0 aliphatic heterocycles. The van der Waals surface area contributed by atoms with E-state index >= 15 is 0 Å². The van der Waals surface area contributed by atoms with Crippen molar-refractivity contribution in [3.8, 4) is 0 Å². The van der Waals surface area contributed by atoms with E-state index in [0.29, 0.717) is 16.9 Å². The van der Waals surface area contributed by atoms with Gasteiger partial charge in [-0.15, -0.1) is 0 Å². The highest BCUT2D eigenvalue weighted by molar-refractivity contribution is 9.10. The van der Waals surface area contributed by atoms with E-state index < -0.39 is 0 Å². The Balaban J connectivity index is 2.58. The van der Waals surface area contributed by atoms with Gasteiger partial charge in [-0.2, -0.15) is 0 Å². The van der Waals surface area contributed by atoms with Crippen LogP contribution in [-0.2, 0) is 11.2 Å².